The lowest BCUT2D eigenvalue weighted by Crippen LogP contribution is -2.43. The van der Waals surface area contributed by atoms with Gasteiger partial charge in [-0.3, -0.25) is 0 Å². The third-order valence-corrected chi connectivity index (χ3v) is 5.02. The number of nitrogens with zero attached hydrogens (tertiary/aromatic N) is 6. The molecule has 2 aromatic rings. The summed E-state index contributed by atoms with van der Waals surface area (Å²) in [5.41, 5.74) is 1.29. The highest BCUT2D eigenvalue weighted by atomic mass is 15.4. The van der Waals surface area contributed by atoms with Crippen LogP contribution in [0.15, 0.2) is 12.1 Å². The lowest BCUT2D eigenvalue weighted by Gasteiger charge is -2.38. The normalized spacial score (nSPS) is 27.0. The SMILES string of the molecule is Cc1nnc2ccc(N3CC[C@@]4(CCCN(C)C4)C3)nn12. The van der Waals surface area contributed by atoms with Crippen molar-refractivity contribution < 1.29 is 0 Å². The van der Waals surface area contributed by atoms with E-state index in [0.717, 1.165) is 30.4 Å². The van der Waals surface area contributed by atoms with Crippen molar-refractivity contribution in [3.05, 3.63) is 18.0 Å². The first-order chi connectivity index (χ1) is 10.2. The van der Waals surface area contributed by atoms with Crippen molar-refractivity contribution in [1.29, 1.82) is 0 Å². The van der Waals surface area contributed by atoms with Gasteiger partial charge in [-0.05, 0) is 51.9 Å². The smallest absolute Gasteiger partial charge is 0.178 e. The first kappa shape index (κ1) is 13.0. The number of aryl methyl sites for hydroxylation is 1. The van der Waals surface area contributed by atoms with Gasteiger partial charge in [-0.2, -0.15) is 4.52 Å². The van der Waals surface area contributed by atoms with E-state index >= 15 is 0 Å². The molecule has 4 rings (SSSR count). The molecule has 4 heterocycles. The van der Waals surface area contributed by atoms with Crippen molar-refractivity contribution in [3.63, 3.8) is 0 Å². The van der Waals surface area contributed by atoms with E-state index in [0.29, 0.717) is 5.41 Å². The summed E-state index contributed by atoms with van der Waals surface area (Å²) in [7, 11) is 2.24. The summed E-state index contributed by atoms with van der Waals surface area (Å²) in [6.45, 7) is 6.63. The zero-order chi connectivity index (χ0) is 14.4. The molecule has 0 aromatic carbocycles. The Morgan fingerprint density at radius 1 is 1.10 bits per heavy atom. The molecule has 0 saturated carbocycles. The van der Waals surface area contributed by atoms with Crippen LogP contribution in [0.25, 0.3) is 5.65 Å². The zero-order valence-corrected chi connectivity index (χ0v) is 12.8. The number of likely N-dealkylation sites (tertiary alicyclic amines) is 1. The van der Waals surface area contributed by atoms with Gasteiger partial charge in [0.05, 0.1) is 0 Å². The Morgan fingerprint density at radius 3 is 2.86 bits per heavy atom. The van der Waals surface area contributed by atoms with Crippen LogP contribution in [0.3, 0.4) is 0 Å². The molecule has 112 valence electrons. The highest BCUT2D eigenvalue weighted by molar-refractivity contribution is 5.46. The molecule has 2 saturated heterocycles. The van der Waals surface area contributed by atoms with Gasteiger partial charge in [-0.25, -0.2) is 0 Å². The summed E-state index contributed by atoms with van der Waals surface area (Å²) in [6.07, 6.45) is 3.95. The average Bonchev–Trinajstić information content (AvgIpc) is 3.04. The van der Waals surface area contributed by atoms with Gasteiger partial charge in [0.15, 0.2) is 11.5 Å². The predicted molar refractivity (Wildman–Crippen MR) is 81.5 cm³/mol. The largest absolute Gasteiger partial charge is 0.355 e. The minimum atomic E-state index is 0.464. The molecule has 0 bridgehead atoms. The molecule has 0 radical (unpaired) electrons. The number of rotatable bonds is 1. The fourth-order valence-electron chi connectivity index (χ4n) is 3.97. The Bertz CT molecular complexity index is 665. The van der Waals surface area contributed by atoms with Gasteiger partial charge in [0, 0.05) is 25.0 Å². The van der Waals surface area contributed by atoms with E-state index in [-0.39, 0.29) is 0 Å². The Balaban J connectivity index is 1.60. The second-order valence-corrected chi connectivity index (χ2v) is 6.72. The van der Waals surface area contributed by atoms with Crippen molar-refractivity contribution in [2.45, 2.75) is 26.2 Å². The summed E-state index contributed by atoms with van der Waals surface area (Å²) in [4.78, 5) is 4.91. The van der Waals surface area contributed by atoms with Crippen LogP contribution in [-0.4, -0.2) is 57.9 Å². The first-order valence-corrected chi connectivity index (χ1v) is 7.78. The van der Waals surface area contributed by atoms with Gasteiger partial charge < -0.3 is 9.80 Å². The molecule has 2 aliphatic rings. The number of fused-ring (bicyclic) bond motifs is 1. The lowest BCUT2D eigenvalue weighted by atomic mass is 9.79. The van der Waals surface area contributed by atoms with Gasteiger partial charge >= 0.3 is 0 Å². The average molecular weight is 286 g/mol. The molecular weight excluding hydrogens is 264 g/mol. The number of aromatic nitrogens is 4. The molecule has 2 fully saturated rings. The Kier molecular flexibility index (Phi) is 2.89. The maximum Gasteiger partial charge on any atom is 0.178 e. The number of anilines is 1. The summed E-state index contributed by atoms with van der Waals surface area (Å²) in [5, 5.41) is 12.9. The van der Waals surface area contributed by atoms with E-state index in [2.05, 4.69) is 33.1 Å². The molecule has 6 nitrogen and oxygen atoms in total. The summed E-state index contributed by atoms with van der Waals surface area (Å²) in [6, 6.07) is 4.09. The van der Waals surface area contributed by atoms with E-state index in [1.54, 1.807) is 0 Å². The molecule has 6 heteroatoms. The van der Waals surface area contributed by atoms with Crippen molar-refractivity contribution in [3.8, 4) is 0 Å². The maximum absolute atomic E-state index is 4.72. The van der Waals surface area contributed by atoms with Crippen molar-refractivity contribution in [2.24, 2.45) is 5.41 Å². The number of hydrogen-bond donors (Lipinski definition) is 0. The van der Waals surface area contributed by atoms with E-state index in [4.69, 9.17) is 5.10 Å². The van der Waals surface area contributed by atoms with Crippen LogP contribution < -0.4 is 4.90 Å². The fraction of sp³-hybridized carbons (Fsp3) is 0.667. The zero-order valence-electron chi connectivity index (χ0n) is 12.8. The van der Waals surface area contributed by atoms with E-state index < -0.39 is 0 Å². The standard InChI is InChI=1S/C15H22N6/c1-12-16-17-13-4-5-14(18-21(12)13)20-9-7-15(11-20)6-3-8-19(2)10-15/h4-5H,3,6-11H2,1-2H3/t15-/m1/s1. The van der Waals surface area contributed by atoms with Crippen LogP contribution in [0.4, 0.5) is 5.82 Å². The second-order valence-electron chi connectivity index (χ2n) is 6.72. The van der Waals surface area contributed by atoms with E-state index in [1.807, 2.05) is 17.5 Å². The summed E-state index contributed by atoms with van der Waals surface area (Å²) < 4.78 is 1.84. The van der Waals surface area contributed by atoms with Crippen molar-refractivity contribution >= 4 is 11.5 Å². The molecule has 0 unspecified atom stereocenters. The van der Waals surface area contributed by atoms with E-state index in [1.165, 1.54) is 32.4 Å². The molecular formula is C15H22N6. The predicted octanol–water partition coefficient (Wildman–Crippen LogP) is 1.35. The topological polar surface area (TPSA) is 49.6 Å². The Labute approximate surface area is 124 Å². The molecule has 0 aliphatic carbocycles. The van der Waals surface area contributed by atoms with Crippen molar-refractivity contribution in [1.82, 2.24) is 24.7 Å². The molecule has 2 aromatic heterocycles. The maximum atomic E-state index is 4.72. The highest BCUT2D eigenvalue weighted by Gasteiger charge is 2.41. The molecule has 0 N–H and O–H groups in total. The molecule has 21 heavy (non-hydrogen) atoms. The third-order valence-electron chi connectivity index (χ3n) is 5.02. The van der Waals surface area contributed by atoms with Crippen LogP contribution in [0.2, 0.25) is 0 Å². The monoisotopic (exact) mass is 286 g/mol. The molecule has 0 amide bonds. The van der Waals surface area contributed by atoms with Gasteiger partial charge in [0.25, 0.3) is 0 Å². The van der Waals surface area contributed by atoms with Gasteiger partial charge in [-0.1, -0.05) is 0 Å². The number of hydrogen-bond acceptors (Lipinski definition) is 5. The van der Waals surface area contributed by atoms with E-state index in [9.17, 15) is 0 Å². The molecule has 1 atom stereocenters. The minimum absolute atomic E-state index is 0.464. The van der Waals surface area contributed by atoms with Crippen LogP contribution in [-0.2, 0) is 0 Å². The van der Waals surface area contributed by atoms with Crippen LogP contribution in [0.5, 0.6) is 0 Å². The summed E-state index contributed by atoms with van der Waals surface area (Å²) in [5.74, 6) is 1.90. The van der Waals surface area contributed by atoms with Crippen LogP contribution in [0, 0.1) is 12.3 Å². The first-order valence-electron chi connectivity index (χ1n) is 7.78. The molecule has 2 aliphatic heterocycles. The number of piperidine rings is 1. The van der Waals surface area contributed by atoms with Gasteiger partial charge in [-0.15, -0.1) is 15.3 Å². The minimum Gasteiger partial charge on any atom is -0.355 e. The highest BCUT2D eigenvalue weighted by Crippen LogP contribution is 2.39. The summed E-state index contributed by atoms with van der Waals surface area (Å²) >= 11 is 0. The quantitative estimate of drug-likeness (QED) is 0.792. The Hall–Kier alpha value is -1.69. The van der Waals surface area contributed by atoms with Crippen molar-refractivity contribution in [2.75, 3.05) is 38.1 Å². The van der Waals surface area contributed by atoms with Gasteiger partial charge in [0.1, 0.15) is 5.82 Å². The third kappa shape index (κ3) is 2.18. The fourth-order valence-corrected chi connectivity index (χ4v) is 3.97. The second kappa shape index (κ2) is 4.66. The van der Waals surface area contributed by atoms with Crippen LogP contribution in [0.1, 0.15) is 25.1 Å². The Morgan fingerprint density at radius 2 is 2.00 bits per heavy atom. The van der Waals surface area contributed by atoms with Gasteiger partial charge in [0.2, 0.25) is 0 Å². The molecule has 1 spiro atoms. The lowest BCUT2D eigenvalue weighted by molar-refractivity contribution is 0.128. The van der Waals surface area contributed by atoms with Crippen LogP contribution >= 0.6 is 0 Å².